The average molecular weight is 196 g/mol. The van der Waals surface area contributed by atoms with Gasteiger partial charge in [-0.25, -0.2) is 0 Å². The van der Waals surface area contributed by atoms with Crippen LogP contribution >= 0.6 is 0 Å². The van der Waals surface area contributed by atoms with Gasteiger partial charge in [0.05, 0.1) is 5.54 Å². The highest BCUT2D eigenvalue weighted by Gasteiger charge is 2.54. The van der Waals surface area contributed by atoms with Gasteiger partial charge in [-0.2, -0.15) is 0 Å². The minimum absolute atomic E-state index is 0.216. The third kappa shape index (κ3) is 1.29. The quantitative estimate of drug-likeness (QED) is 0.531. The van der Waals surface area contributed by atoms with Crippen LogP contribution in [0.1, 0.15) is 32.1 Å². The van der Waals surface area contributed by atoms with E-state index < -0.39 is 11.5 Å². The number of carbonyl (C=O) groups is 3. The molecule has 1 aliphatic heterocycles. The van der Waals surface area contributed by atoms with E-state index in [2.05, 4.69) is 0 Å². The van der Waals surface area contributed by atoms with E-state index in [4.69, 9.17) is 0 Å². The molecule has 1 aliphatic carbocycles. The molecular formula is C9H10NO4-. The van der Waals surface area contributed by atoms with E-state index >= 15 is 0 Å². The van der Waals surface area contributed by atoms with E-state index in [9.17, 15) is 19.5 Å². The molecule has 0 atom stereocenters. The predicted octanol–water partition coefficient (Wildman–Crippen LogP) is -1.19. The second kappa shape index (κ2) is 2.80. The zero-order valence-corrected chi connectivity index (χ0v) is 7.62. The molecule has 14 heavy (non-hydrogen) atoms. The summed E-state index contributed by atoms with van der Waals surface area (Å²) in [6.07, 6.45) is 1.41. The van der Waals surface area contributed by atoms with Gasteiger partial charge >= 0.3 is 0 Å². The summed E-state index contributed by atoms with van der Waals surface area (Å²) in [5.41, 5.74) is -0.733. The number of aliphatic carboxylic acids is 1. The maximum atomic E-state index is 11.3. The van der Waals surface area contributed by atoms with Crippen molar-refractivity contribution in [3.05, 3.63) is 0 Å². The summed E-state index contributed by atoms with van der Waals surface area (Å²) < 4.78 is 0. The Labute approximate surface area is 80.7 Å². The van der Waals surface area contributed by atoms with Crippen LogP contribution in [-0.2, 0) is 14.4 Å². The molecule has 1 saturated carbocycles. The molecule has 5 heteroatoms. The molecule has 2 amide bonds. The Kier molecular flexibility index (Phi) is 1.83. The van der Waals surface area contributed by atoms with Crippen LogP contribution < -0.4 is 5.11 Å². The first-order chi connectivity index (χ1) is 6.55. The molecule has 0 bridgehead atoms. The fourth-order valence-electron chi connectivity index (χ4n) is 2.00. The van der Waals surface area contributed by atoms with E-state index in [1.54, 1.807) is 0 Å². The molecule has 0 unspecified atom stereocenters. The normalized spacial score (nSPS) is 24.1. The number of amides is 2. The van der Waals surface area contributed by atoms with Crippen molar-refractivity contribution in [2.45, 2.75) is 37.6 Å². The van der Waals surface area contributed by atoms with E-state index in [0.717, 1.165) is 4.90 Å². The number of carboxylic acid groups (broad SMARTS) is 1. The van der Waals surface area contributed by atoms with E-state index in [-0.39, 0.29) is 31.1 Å². The maximum absolute atomic E-state index is 11.3. The highest BCUT2D eigenvalue weighted by Crippen LogP contribution is 2.46. The Morgan fingerprint density at radius 1 is 1.29 bits per heavy atom. The summed E-state index contributed by atoms with van der Waals surface area (Å²) in [5.74, 6) is -1.68. The van der Waals surface area contributed by atoms with Crippen LogP contribution in [-0.4, -0.2) is 28.2 Å². The van der Waals surface area contributed by atoms with Crippen molar-refractivity contribution in [1.29, 1.82) is 0 Å². The van der Waals surface area contributed by atoms with E-state index in [1.807, 2.05) is 0 Å². The molecule has 1 saturated heterocycles. The third-order valence-corrected chi connectivity index (χ3v) is 2.83. The molecule has 76 valence electrons. The molecule has 5 nitrogen and oxygen atoms in total. The van der Waals surface area contributed by atoms with Crippen molar-refractivity contribution in [2.75, 3.05) is 0 Å². The fraction of sp³-hybridized carbons (Fsp3) is 0.667. The second-order valence-corrected chi connectivity index (χ2v) is 3.90. The van der Waals surface area contributed by atoms with E-state index in [0.29, 0.717) is 12.8 Å². The van der Waals surface area contributed by atoms with Crippen LogP contribution in [0.2, 0.25) is 0 Å². The lowest BCUT2D eigenvalue weighted by Gasteiger charge is -2.26. The lowest BCUT2D eigenvalue weighted by Crippen LogP contribution is -2.44. The Morgan fingerprint density at radius 2 is 1.79 bits per heavy atom. The Hall–Kier alpha value is -1.39. The van der Waals surface area contributed by atoms with Crippen LogP contribution in [0.25, 0.3) is 0 Å². The highest BCUT2D eigenvalue weighted by molar-refractivity contribution is 6.03. The number of likely N-dealkylation sites (tertiary alicyclic amines) is 1. The number of imide groups is 1. The largest absolute Gasteiger partial charge is 0.550 e. The van der Waals surface area contributed by atoms with Crippen molar-refractivity contribution < 1.29 is 19.5 Å². The lowest BCUT2D eigenvalue weighted by atomic mass is 10.1. The van der Waals surface area contributed by atoms with Crippen LogP contribution in [0.4, 0.5) is 0 Å². The molecule has 0 aromatic heterocycles. The summed E-state index contributed by atoms with van der Waals surface area (Å²) in [7, 11) is 0. The maximum Gasteiger partial charge on any atom is 0.230 e. The zero-order valence-electron chi connectivity index (χ0n) is 7.62. The molecule has 2 rings (SSSR count). The minimum atomic E-state index is -1.20. The molecule has 0 N–H and O–H groups in total. The van der Waals surface area contributed by atoms with Crippen molar-refractivity contribution in [1.82, 2.24) is 4.90 Å². The second-order valence-electron chi connectivity index (χ2n) is 3.90. The Bertz CT molecular complexity index is 303. The number of carboxylic acids is 1. The molecule has 0 spiro atoms. The molecule has 1 heterocycles. The van der Waals surface area contributed by atoms with Gasteiger partial charge in [-0.1, -0.05) is 0 Å². The first kappa shape index (κ1) is 9.18. The van der Waals surface area contributed by atoms with Crippen molar-refractivity contribution >= 4 is 17.8 Å². The number of carbonyl (C=O) groups excluding carboxylic acids is 3. The average Bonchev–Trinajstić information content (AvgIpc) is 2.73. The van der Waals surface area contributed by atoms with Crippen molar-refractivity contribution in [2.24, 2.45) is 0 Å². The minimum Gasteiger partial charge on any atom is -0.550 e. The SMILES string of the molecule is O=C([O-])CC1(N2C(=O)CCC2=O)CC1. The van der Waals surface area contributed by atoms with Gasteiger partial charge in [-0.05, 0) is 12.8 Å². The smallest absolute Gasteiger partial charge is 0.230 e. The molecule has 2 fully saturated rings. The molecule has 0 radical (unpaired) electrons. The number of nitrogens with zero attached hydrogens (tertiary/aromatic N) is 1. The van der Waals surface area contributed by atoms with Gasteiger partial charge in [-0.15, -0.1) is 0 Å². The summed E-state index contributed by atoms with van der Waals surface area (Å²) in [5, 5.41) is 10.5. The standard InChI is InChI=1S/C9H11NO4/c11-6-1-2-7(12)10(6)9(3-4-9)5-8(13)14/h1-5H2,(H,13,14)/p-1. The van der Waals surface area contributed by atoms with Gasteiger partial charge in [0.25, 0.3) is 0 Å². The van der Waals surface area contributed by atoms with Crippen LogP contribution in [0.5, 0.6) is 0 Å². The van der Waals surface area contributed by atoms with E-state index in [1.165, 1.54) is 0 Å². The van der Waals surface area contributed by atoms with Gasteiger partial charge in [-0.3, -0.25) is 14.5 Å². The molecule has 0 aromatic carbocycles. The Morgan fingerprint density at radius 3 is 2.14 bits per heavy atom. The zero-order chi connectivity index (χ0) is 10.3. The summed E-state index contributed by atoms with van der Waals surface area (Å²) in [6, 6.07) is 0. The summed E-state index contributed by atoms with van der Waals surface area (Å²) in [6.45, 7) is 0. The number of hydrogen-bond donors (Lipinski definition) is 0. The Balaban J connectivity index is 2.17. The summed E-state index contributed by atoms with van der Waals surface area (Å²) >= 11 is 0. The topological polar surface area (TPSA) is 77.5 Å². The van der Waals surface area contributed by atoms with Crippen molar-refractivity contribution in [3.63, 3.8) is 0 Å². The number of rotatable bonds is 3. The van der Waals surface area contributed by atoms with Gasteiger partial charge in [0.1, 0.15) is 0 Å². The first-order valence-corrected chi connectivity index (χ1v) is 4.61. The number of hydrogen-bond acceptors (Lipinski definition) is 4. The molecular weight excluding hydrogens is 186 g/mol. The first-order valence-electron chi connectivity index (χ1n) is 4.61. The predicted molar refractivity (Wildman–Crippen MR) is 42.7 cm³/mol. The van der Waals surface area contributed by atoms with Gasteiger partial charge in [0, 0.05) is 25.2 Å². The lowest BCUT2D eigenvalue weighted by molar-refractivity contribution is -0.306. The van der Waals surface area contributed by atoms with Crippen LogP contribution in [0, 0.1) is 0 Å². The highest BCUT2D eigenvalue weighted by atomic mass is 16.4. The van der Waals surface area contributed by atoms with Crippen LogP contribution in [0.3, 0.4) is 0 Å². The summed E-state index contributed by atoms with van der Waals surface area (Å²) in [4.78, 5) is 34.3. The fourth-order valence-corrected chi connectivity index (χ4v) is 2.00. The molecule has 0 aromatic rings. The third-order valence-electron chi connectivity index (χ3n) is 2.83. The van der Waals surface area contributed by atoms with Crippen molar-refractivity contribution in [3.8, 4) is 0 Å². The monoisotopic (exact) mass is 196 g/mol. The molecule has 2 aliphatic rings. The van der Waals surface area contributed by atoms with Gasteiger partial charge in [0.2, 0.25) is 11.8 Å². The van der Waals surface area contributed by atoms with Gasteiger partial charge in [0.15, 0.2) is 0 Å². The van der Waals surface area contributed by atoms with Crippen LogP contribution in [0.15, 0.2) is 0 Å². The van der Waals surface area contributed by atoms with Gasteiger partial charge < -0.3 is 9.90 Å².